The van der Waals surface area contributed by atoms with Gasteiger partial charge in [0.05, 0.1) is 6.54 Å². The van der Waals surface area contributed by atoms with Crippen molar-refractivity contribution in [2.75, 3.05) is 13.1 Å². The van der Waals surface area contributed by atoms with E-state index < -0.39 is 5.97 Å². The molecule has 1 fully saturated rings. The Hall–Kier alpha value is -1.42. The number of nitrogens with zero attached hydrogens (tertiary/aromatic N) is 1. The fourth-order valence-electron chi connectivity index (χ4n) is 2.50. The topological polar surface area (TPSA) is 40.5 Å². The van der Waals surface area contributed by atoms with E-state index in [4.69, 9.17) is 5.11 Å². The average molecular weight is 265 g/mol. The van der Waals surface area contributed by atoms with Gasteiger partial charge in [-0.2, -0.15) is 0 Å². The number of carboxylic acids is 1. The molecule has 1 unspecified atom stereocenters. The largest absolute Gasteiger partial charge is 0.480 e. The summed E-state index contributed by atoms with van der Waals surface area (Å²) in [6.45, 7) is 2.91. The van der Waals surface area contributed by atoms with E-state index in [2.05, 4.69) is 0 Å². The van der Waals surface area contributed by atoms with E-state index in [1.165, 1.54) is 25.0 Å². The molecular formula is C15H20FNO2. The molecule has 1 aromatic rings. The van der Waals surface area contributed by atoms with Gasteiger partial charge in [-0.05, 0) is 42.9 Å². The Bertz CT molecular complexity index is 428. The Kier molecular flexibility index (Phi) is 4.53. The maximum atomic E-state index is 13.0. The third kappa shape index (κ3) is 4.03. The maximum absolute atomic E-state index is 13.0. The molecule has 1 N–H and O–H groups in total. The Labute approximate surface area is 113 Å². The number of hydrogen-bond acceptors (Lipinski definition) is 2. The molecule has 0 aliphatic heterocycles. The molecule has 0 spiro atoms. The first-order valence-corrected chi connectivity index (χ1v) is 6.81. The summed E-state index contributed by atoms with van der Waals surface area (Å²) in [6, 6.07) is 6.44. The fourth-order valence-corrected chi connectivity index (χ4v) is 2.50. The van der Waals surface area contributed by atoms with Crippen LogP contribution in [0.15, 0.2) is 24.3 Å². The normalized spacial score (nSPS) is 16.6. The molecule has 1 aliphatic rings. The van der Waals surface area contributed by atoms with Crippen LogP contribution in [0.25, 0.3) is 0 Å². The van der Waals surface area contributed by atoms with Crippen LogP contribution in [0, 0.1) is 11.7 Å². The Morgan fingerprint density at radius 3 is 2.53 bits per heavy atom. The first-order chi connectivity index (χ1) is 9.10. The van der Waals surface area contributed by atoms with Crippen molar-refractivity contribution in [3.05, 3.63) is 35.6 Å². The van der Waals surface area contributed by atoms with Crippen LogP contribution in [0.5, 0.6) is 0 Å². The minimum Gasteiger partial charge on any atom is -0.480 e. The van der Waals surface area contributed by atoms with Gasteiger partial charge in [-0.25, -0.2) is 4.39 Å². The third-order valence-corrected chi connectivity index (χ3v) is 3.61. The second-order valence-corrected chi connectivity index (χ2v) is 5.24. The average Bonchev–Trinajstić information content (AvgIpc) is 3.15. The lowest BCUT2D eigenvalue weighted by Crippen LogP contribution is -2.35. The van der Waals surface area contributed by atoms with Crippen molar-refractivity contribution >= 4 is 5.97 Å². The molecule has 0 amide bonds. The molecule has 4 heteroatoms. The molecule has 19 heavy (non-hydrogen) atoms. The summed E-state index contributed by atoms with van der Waals surface area (Å²) < 4.78 is 13.0. The molecule has 0 heterocycles. The highest BCUT2D eigenvalue weighted by Gasteiger charge is 2.29. The first kappa shape index (κ1) is 14.0. The van der Waals surface area contributed by atoms with Gasteiger partial charge in [0.2, 0.25) is 0 Å². The van der Waals surface area contributed by atoms with Crippen LogP contribution >= 0.6 is 0 Å². The van der Waals surface area contributed by atoms with Crippen LogP contribution < -0.4 is 0 Å². The third-order valence-electron chi connectivity index (χ3n) is 3.61. The number of hydrogen-bond donors (Lipinski definition) is 1. The van der Waals surface area contributed by atoms with Gasteiger partial charge >= 0.3 is 5.97 Å². The van der Waals surface area contributed by atoms with Crippen LogP contribution in [-0.4, -0.2) is 29.1 Å². The minimum absolute atomic E-state index is 0.0480. The summed E-state index contributed by atoms with van der Waals surface area (Å²) in [4.78, 5) is 13.0. The van der Waals surface area contributed by atoms with Crippen LogP contribution in [0.1, 0.15) is 37.8 Å². The zero-order valence-electron chi connectivity index (χ0n) is 11.2. The molecule has 2 rings (SSSR count). The van der Waals surface area contributed by atoms with Gasteiger partial charge in [0.1, 0.15) is 5.82 Å². The van der Waals surface area contributed by atoms with E-state index in [9.17, 15) is 9.18 Å². The Morgan fingerprint density at radius 2 is 2.05 bits per heavy atom. The summed E-state index contributed by atoms with van der Waals surface area (Å²) in [5.74, 6) is -0.430. The van der Waals surface area contributed by atoms with Gasteiger partial charge in [-0.1, -0.05) is 19.1 Å². The molecule has 0 radical (unpaired) electrons. The molecule has 1 aromatic carbocycles. The summed E-state index contributed by atoms with van der Waals surface area (Å²) in [7, 11) is 0. The minimum atomic E-state index is -0.804. The van der Waals surface area contributed by atoms with E-state index in [0.717, 1.165) is 18.5 Å². The lowest BCUT2D eigenvalue weighted by molar-refractivity contribution is -0.139. The van der Waals surface area contributed by atoms with Gasteiger partial charge in [-0.3, -0.25) is 9.69 Å². The van der Waals surface area contributed by atoms with Gasteiger partial charge < -0.3 is 5.11 Å². The zero-order chi connectivity index (χ0) is 13.8. The van der Waals surface area contributed by atoms with Crippen molar-refractivity contribution in [2.45, 2.75) is 32.2 Å². The summed E-state index contributed by atoms with van der Waals surface area (Å²) >= 11 is 0. The monoisotopic (exact) mass is 265 g/mol. The molecule has 0 bridgehead atoms. The summed E-state index contributed by atoms with van der Waals surface area (Å²) in [5.41, 5.74) is 0.991. The summed E-state index contributed by atoms with van der Waals surface area (Å²) in [6.07, 6.45) is 3.21. The number of halogens is 1. The number of rotatable bonds is 7. The lowest BCUT2D eigenvalue weighted by atomic mass is 10.0. The molecule has 0 saturated heterocycles. The van der Waals surface area contributed by atoms with Crippen LogP contribution in [-0.2, 0) is 4.79 Å². The molecule has 104 valence electrons. The number of carbonyl (C=O) groups is 1. The van der Waals surface area contributed by atoms with E-state index in [1.807, 2.05) is 11.8 Å². The number of aliphatic carboxylic acids is 1. The van der Waals surface area contributed by atoms with Crippen molar-refractivity contribution < 1.29 is 14.3 Å². The van der Waals surface area contributed by atoms with E-state index in [1.54, 1.807) is 12.1 Å². The lowest BCUT2D eigenvalue weighted by Gasteiger charge is -2.30. The van der Waals surface area contributed by atoms with E-state index >= 15 is 0 Å². The van der Waals surface area contributed by atoms with Gasteiger partial charge in [-0.15, -0.1) is 0 Å². The molecule has 1 saturated carbocycles. The summed E-state index contributed by atoms with van der Waals surface area (Å²) in [5, 5.41) is 9.05. The van der Waals surface area contributed by atoms with E-state index in [-0.39, 0.29) is 18.4 Å². The predicted octanol–water partition coefficient (Wildman–Crippen LogP) is 3.07. The van der Waals surface area contributed by atoms with Crippen molar-refractivity contribution in [2.24, 2.45) is 5.92 Å². The van der Waals surface area contributed by atoms with Crippen molar-refractivity contribution in [3.8, 4) is 0 Å². The van der Waals surface area contributed by atoms with Gasteiger partial charge in [0, 0.05) is 12.6 Å². The zero-order valence-corrected chi connectivity index (χ0v) is 11.2. The highest BCUT2D eigenvalue weighted by Crippen LogP contribution is 2.33. The molecule has 1 aliphatic carbocycles. The van der Waals surface area contributed by atoms with Crippen molar-refractivity contribution in [3.63, 3.8) is 0 Å². The SMILES string of the molecule is CCC(c1ccc(F)cc1)N(CC(=O)O)CC1CC1. The smallest absolute Gasteiger partial charge is 0.317 e. The van der Waals surface area contributed by atoms with Crippen molar-refractivity contribution in [1.29, 1.82) is 0 Å². The number of carboxylic acid groups (broad SMARTS) is 1. The van der Waals surface area contributed by atoms with E-state index in [0.29, 0.717) is 5.92 Å². The van der Waals surface area contributed by atoms with Crippen LogP contribution in [0.3, 0.4) is 0 Å². The second-order valence-electron chi connectivity index (χ2n) is 5.24. The molecule has 1 atom stereocenters. The van der Waals surface area contributed by atoms with Gasteiger partial charge in [0.15, 0.2) is 0 Å². The highest BCUT2D eigenvalue weighted by molar-refractivity contribution is 5.69. The fraction of sp³-hybridized carbons (Fsp3) is 0.533. The van der Waals surface area contributed by atoms with Crippen LogP contribution in [0.4, 0.5) is 4.39 Å². The first-order valence-electron chi connectivity index (χ1n) is 6.81. The molecule has 0 aromatic heterocycles. The second kappa shape index (κ2) is 6.15. The Balaban J connectivity index is 2.14. The highest BCUT2D eigenvalue weighted by atomic mass is 19.1. The molecular weight excluding hydrogens is 245 g/mol. The number of benzene rings is 1. The van der Waals surface area contributed by atoms with Crippen LogP contribution in [0.2, 0.25) is 0 Å². The van der Waals surface area contributed by atoms with Gasteiger partial charge in [0.25, 0.3) is 0 Å². The standard InChI is InChI=1S/C15H20FNO2/c1-2-14(12-5-7-13(16)8-6-12)17(10-15(18)19)9-11-3-4-11/h5-8,11,14H,2-4,9-10H2,1H3,(H,18,19). The van der Waals surface area contributed by atoms with Crippen molar-refractivity contribution in [1.82, 2.24) is 4.90 Å². The Morgan fingerprint density at radius 1 is 1.42 bits per heavy atom. The predicted molar refractivity (Wildman–Crippen MR) is 71.4 cm³/mol. The quantitative estimate of drug-likeness (QED) is 0.823. The maximum Gasteiger partial charge on any atom is 0.317 e. The molecule has 3 nitrogen and oxygen atoms in total.